The van der Waals surface area contributed by atoms with Gasteiger partial charge in [-0.3, -0.25) is 18.8 Å². The molecule has 0 unspecified atom stereocenters. The summed E-state index contributed by atoms with van der Waals surface area (Å²) in [6, 6.07) is 18.3. The average molecular weight is 482 g/mol. The Hall–Kier alpha value is -3.76. The standard InChI is InChI=1S/C24H27N5O4S/c1-18-12-13-25-22(14-18)27-24(31)17-28(2)16-23(30)26-19-8-7-11-21(15-19)34(32,33)29(3)20-9-5-4-6-10-20/h4-15H,16-17H2,1-3H3,(H,26,30)(H,25,27,31). The molecule has 0 spiro atoms. The molecular weight excluding hydrogens is 454 g/mol. The van der Waals surface area contributed by atoms with Crippen molar-refractivity contribution in [3.05, 3.63) is 78.5 Å². The molecule has 2 aromatic carbocycles. The van der Waals surface area contributed by atoms with Gasteiger partial charge in [0.15, 0.2) is 0 Å². The van der Waals surface area contributed by atoms with Crippen LogP contribution in [0.3, 0.4) is 0 Å². The minimum absolute atomic E-state index is 0.0146. The van der Waals surface area contributed by atoms with Gasteiger partial charge in [0.05, 0.1) is 23.7 Å². The van der Waals surface area contributed by atoms with Gasteiger partial charge in [0, 0.05) is 18.9 Å². The molecule has 0 fully saturated rings. The highest BCUT2D eigenvalue weighted by molar-refractivity contribution is 7.92. The van der Waals surface area contributed by atoms with Crippen LogP contribution >= 0.6 is 0 Å². The first-order valence-electron chi connectivity index (χ1n) is 10.5. The molecule has 10 heteroatoms. The van der Waals surface area contributed by atoms with Crippen LogP contribution in [0, 0.1) is 6.92 Å². The Morgan fingerprint density at radius 2 is 1.56 bits per heavy atom. The number of rotatable bonds is 9. The Kier molecular flexibility index (Phi) is 7.98. The van der Waals surface area contributed by atoms with E-state index in [4.69, 9.17) is 0 Å². The van der Waals surface area contributed by atoms with Crippen LogP contribution in [0.15, 0.2) is 77.8 Å². The van der Waals surface area contributed by atoms with Gasteiger partial charge in [0.25, 0.3) is 10.0 Å². The zero-order chi connectivity index (χ0) is 24.7. The Balaban J connectivity index is 1.59. The zero-order valence-electron chi connectivity index (χ0n) is 19.2. The van der Waals surface area contributed by atoms with Gasteiger partial charge in [0.1, 0.15) is 5.82 Å². The summed E-state index contributed by atoms with van der Waals surface area (Å²) >= 11 is 0. The summed E-state index contributed by atoms with van der Waals surface area (Å²) in [5.74, 6) is -0.235. The van der Waals surface area contributed by atoms with Crippen molar-refractivity contribution in [2.75, 3.05) is 42.1 Å². The summed E-state index contributed by atoms with van der Waals surface area (Å²) in [6.07, 6.45) is 1.61. The van der Waals surface area contributed by atoms with Gasteiger partial charge in [-0.15, -0.1) is 0 Å². The fraction of sp³-hybridized carbons (Fsp3) is 0.208. The lowest BCUT2D eigenvalue weighted by molar-refractivity contribution is -0.119. The number of hydrogen-bond donors (Lipinski definition) is 2. The predicted octanol–water partition coefficient (Wildman–Crippen LogP) is 2.72. The summed E-state index contributed by atoms with van der Waals surface area (Å²) in [6.45, 7) is 1.82. The minimum Gasteiger partial charge on any atom is -0.325 e. The average Bonchev–Trinajstić information content (AvgIpc) is 2.79. The number of anilines is 3. The number of pyridine rings is 1. The highest BCUT2D eigenvalue weighted by atomic mass is 32.2. The molecule has 1 heterocycles. The van der Waals surface area contributed by atoms with Crippen LogP contribution in [0.25, 0.3) is 0 Å². The number of nitrogens with one attached hydrogen (secondary N) is 2. The number of likely N-dealkylation sites (N-methyl/N-ethyl adjacent to an activating group) is 1. The molecule has 0 radical (unpaired) electrons. The molecular formula is C24H27N5O4S. The van der Waals surface area contributed by atoms with Crippen molar-refractivity contribution in [2.24, 2.45) is 0 Å². The third-order valence-electron chi connectivity index (χ3n) is 4.91. The maximum atomic E-state index is 13.0. The molecule has 2 amide bonds. The Bertz CT molecular complexity index is 1270. The number of carbonyl (C=O) groups excluding carboxylic acids is 2. The predicted molar refractivity (Wildman–Crippen MR) is 132 cm³/mol. The minimum atomic E-state index is -3.81. The van der Waals surface area contributed by atoms with Crippen LogP contribution in [-0.2, 0) is 19.6 Å². The van der Waals surface area contributed by atoms with Gasteiger partial charge in [-0.2, -0.15) is 0 Å². The number of aryl methyl sites for hydroxylation is 1. The van der Waals surface area contributed by atoms with Crippen molar-refractivity contribution in [3.63, 3.8) is 0 Å². The van der Waals surface area contributed by atoms with Gasteiger partial charge in [0.2, 0.25) is 11.8 Å². The van der Waals surface area contributed by atoms with E-state index in [-0.39, 0.29) is 29.8 Å². The Morgan fingerprint density at radius 1 is 0.882 bits per heavy atom. The van der Waals surface area contributed by atoms with Crippen LogP contribution in [0.5, 0.6) is 0 Å². The monoisotopic (exact) mass is 481 g/mol. The van der Waals surface area contributed by atoms with E-state index in [1.54, 1.807) is 66.7 Å². The van der Waals surface area contributed by atoms with E-state index >= 15 is 0 Å². The summed E-state index contributed by atoms with van der Waals surface area (Å²) in [5.41, 5.74) is 1.84. The van der Waals surface area contributed by atoms with E-state index in [9.17, 15) is 18.0 Å². The summed E-state index contributed by atoms with van der Waals surface area (Å²) in [4.78, 5) is 30.4. The Morgan fingerprint density at radius 3 is 2.24 bits per heavy atom. The molecule has 3 rings (SSSR count). The number of carbonyl (C=O) groups is 2. The first-order chi connectivity index (χ1) is 16.1. The highest BCUT2D eigenvalue weighted by Crippen LogP contribution is 2.23. The molecule has 178 valence electrons. The smallest absolute Gasteiger partial charge is 0.264 e. The lowest BCUT2D eigenvalue weighted by atomic mass is 10.3. The molecule has 2 N–H and O–H groups in total. The van der Waals surface area contributed by atoms with E-state index < -0.39 is 10.0 Å². The van der Waals surface area contributed by atoms with Crippen LogP contribution in [0.1, 0.15) is 5.56 Å². The number of aromatic nitrogens is 1. The van der Waals surface area contributed by atoms with E-state index in [1.807, 2.05) is 13.0 Å². The number of amides is 2. The van der Waals surface area contributed by atoms with Crippen molar-refractivity contribution in [3.8, 4) is 0 Å². The SMILES string of the molecule is Cc1ccnc(NC(=O)CN(C)CC(=O)Nc2cccc(S(=O)(=O)N(C)c3ccccc3)c2)c1. The van der Waals surface area contributed by atoms with Gasteiger partial charge in [-0.05, 0) is 62.0 Å². The second kappa shape index (κ2) is 10.9. The lowest BCUT2D eigenvalue weighted by Gasteiger charge is -2.20. The highest BCUT2D eigenvalue weighted by Gasteiger charge is 2.22. The Labute approximate surface area is 199 Å². The molecule has 0 bridgehead atoms. The number of hydrogen-bond acceptors (Lipinski definition) is 6. The van der Waals surface area contributed by atoms with Gasteiger partial charge < -0.3 is 10.6 Å². The summed E-state index contributed by atoms with van der Waals surface area (Å²) < 4.78 is 27.2. The van der Waals surface area contributed by atoms with Crippen molar-refractivity contribution >= 4 is 39.0 Å². The second-order valence-corrected chi connectivity index (χ2v) is 9.79. The maximum absolute atomic E-state index is 13.0. The molecule has 9 nitrogen and oxygen atoms in total. The lowest BCUT2D eigenvalue weighted by Crippen LogP contribution is -2.36. The van der Waals surface area contributed by atoms with Crippen LogP contribution in [-0.4, -0.2) is 57.3 Å². The molecule has 0 atom stereocenters. The molecule has 3 aromatic rings. The third kappa shape index (κ3) is 6.63. The number of nitrogens with zero attached hydrogens (tertiary/aromatic N) is 3. The molecule has 1 aromatic heterocycles. The molecule has 0 aliphatic carbocycles. The quantitative estimate of drug-likeness (QED) is 0.486. The van der Waals surface area contributed by atoms with E-state index in [2.05, 4.69) is 15.6 Å². The molecule has 0 saturated carbocycles. The van der Waals surface area contributed by atoms with Crippen molar-refractivity contribution in [1.82, 2.24) is 9.88 Å². The van der Waals surface area contributed by atoms with E-state index in [1.165, 1.54) is 23.5 Å². The molecule has 0 saturated heterocycles. The number of para-hydroxylation sites is 1. The van der Waals surface area contributed by atoms with Gasteiger partial charge >= 0.3 is 0 Å². The topological polar surface area (TPSA) is 112 Å². The van der Waals surface area contributed by atoms with Crippen LogP contribution in [0.2, 0.25) is 0 Å². The fourth-order valence-electron chi connectivity index (χ4n) is 3.20. The first-order valence-corrected chi connectivity index (χ1v) is 11.9. The summed E-state index contributed by atoms with van der Waals surface area (Å²) in [5, 5.41) is 5.38. The first kappa shape index (κ1) is 24.9. The summed E-state index contributed by atoms with van der Waals surface area (Å²) in [7, 11) is -0.698. The number of sulfonamides is 1. The second-order valence-electron chi connectivity index (χ2n) is 7.82. The molecule has 0 aliphatic heterocycles. The van der Waals surface area contributed by atoms with Gasteiger partial charge in [-0.1, -0.05) is 24.3 Å². The third-order valence-corrected chi connectivity index (χ3v) is 6.69. The van der Waals surface area contributed by atoms with Gasteiger partial charge in [-0.25, -0.2) is 13.4 Å². The van der Waals surface area contributed by atoms with Crippen LogP contribution < -0.4 is 14.9 Å². The van der Waals surface area contributed by atoms with Crippen molar-refractivity contribution < 1.29 is 18.0 Å². The molecule has 34 heavy (non-hydrogen) atoms. The largest absolute Gasteiger partial charge is 0.325 e. The maximum Gasteiger partial charge on any atom is 0.264 e. The fourth-order valence-corrected chi connectivity index (χ4v) is 4.44. The molecule has 0 aliphatic rings. The van der Waals surface area contributed by atoms with Crippen molar-refractivity contribution in [1.29, 1.82) is 0 Å². The zero-order valence-corrected chi connectivity index (χ0v) is 20.0. The van der Waals surface area contributed by atoms with E-state index in [0.717, 1.165) is 5.56 Å². The van der Waals surface area contributed by atoms with E-state index in [0.29, 0.717) is 17.2 Å². The van der Waals surface area contributed by atoms with Crippen LogP contribution in [0.4, 0.5) is 17.2 Å². The van der Waals surface area contributed by atoms with Crippen molar-refractivity contribution in [2.45, 2.75) is 11.8 Å². The normalized spacial score (nSPS) is 11.2. The number of benzene rings is 2.